The lowest BCUT2D eigenvalue weighted by Crippen LogP contribution is -2.36. The van der Waals surface area contributed by atoms with Gasteiger partial charge < -0.3 is 15.5 Å². The second kappa shape index (κ2) is 8.53. The Morgan fingerprint density at radius 1 is 1.17 bits per heavy atom. The second-order valence-electron chi connectivity index (χ2n) is 5.42. The minimum Gasteiger partial charge on any atom is -0.363 e. The van der Waals surface area contributed by atoms with Crippen molar-refractivity contribution < 1.29 is 0 Å². The summed E-state index contributed by atoms with van der Waals surface area (Å²) in [6.07, 6.45) is 2.92. The highest BCUT2D eigenvalue weighted by Gasteiger charge is 2.03. The van der Waals surface area contributed by atoms with E-state index in [9.17, 15) is 0 Å². The monoisotopic (exact) mass is 331 g/mol. The van der Waals surface area contributed by atoms with Gasteiger partial charge in [0.2, 0.25) is 0 Å². The topological polar surface area (TPSA) is 52.6 Å². The Morgan fingerprint density at radius 2 is 1.91 bits per heavy atom. The van der Waals surface area contributed by atoms with Gasteiger partial charge in [0.1, 0.15) is 5.82 Å². The van der Waals surface area contributed by atoms with Crippen molar-refractivity contribution in [1.29, 1.82) is 0 Å². The Balaban J connectivity index is 1.86. The zero-order valence-electron chi connectivity index (χ0n) is 14.3. The fourth-order valence-electron chi connectivity index (χ4n) is 2.10. The third-order valence-corrected chi connectivity index (χ3v) is 4.68. The minimum atomic E-state index is 0.716. The summed E-state index contributed by atoms with van der Waals surface area (Å²) in [6.45, 7) is 3.69. The lowest BCUT2D eigenvalue weighted by atomic mass is 10.2. The van der Waals surface area contributed by atoms with E-state index in [2.05, 4.69) is 45.7 Å². The molecule has 0 atom stereocenters. The Morgan fingerprint density at radius 3 is 2.57 bits per heavy atom. The number of thiophene rings is 1. The van der Waals surface area contributed by atoms with E-state index in [1.165, 1.54) is 15.3 Å². The molecule has 0 bridgehead atoms. The Hall–Kier alpha value is -2.08. The maximum atomic E-state index is 4.33. The van der Waals surface area contributed by atoms with Crippen molar-refractivity contribution in [2.75, 3.05) is 26.0 Å². The Kier molecular flexibility index (Phi) is 6.40. The Labute approximate surface area is 142 Å². The van der Waals surface area contributed by atoms with Gasteiger partial charge in [0.05, 0.1) is 6.54 Å². The lowest BCUT2D eigenvalue weighted by molar-refractivity contribution is 0.814. The van der Waals surface area contributed by atoms with Crippen molar-refractivity contribution in [1.82, 2.24) is 15.6 Å². The number of aryl methyl sites for hydroxylation is 1. The summed E-state index contributed by atoms with van der Waals surface area (Å²) in [6, 6.07) is 8.46. The van der Waals surface area contributed by atoms with Crippen LogP contribution in [0.1, 0.15) is 22.2 Å². The minimum absolute atomic E-state index is 0.716. The van der Waals surface area contributed by atoms with Gasteiger partial charge in [0, 0.05) is 43.6 Å². The number of guanidine groups is 1. The molecule has 0 aromatic carbocycles. The van der Waals surface area contributed by atoms with E-state index in [1.807, 2.05) is 42.6 Å². The summed E-state index contributed by atoms with van der Waals surface area (Å²) >= 11 is 1.85. The van der Waals surface area contributed by atoms with Gasteiger partial charge in [0.25, 0.3) is 0 Å². The summed E-state index contributed by atoms with van der Waals surface area (Å²) in [5.41, 5.74) is 1.18. The molecule has 0 aliphatic rings. The number of nitrogens with one attached hydrogen (secondary N) is 2. The molecule has 2 heterocycles. The predicted molar refractivity (Wildman–Crippen MR) is 99.3 cm³/mol. The number of anilines is 1. The molecule has 0 aliphatic carbocycles. The number of hydrogen-bond acceptors (Lipinski definition) is 4. The molecule has 0 aliphatic heterocycles. The van der Waals surface area contributed by atoms with E-state index in [0.717, 1.165) is 24.7 Å². The highest BCUT2D eigenvalue weighted by molar-refractivity contribution is 7.11. The van der Waals surface area contributed by atoms with Gasteiger partial charge in [0.15, 0.2) is 5.96 Å². The normalized spacial score (nSPS) is 11.4. The average molecular weight is 331 g/mol. The van der Waals surface area contributed by atoms with Crippen molar-refractivity contribution in [3.05, 3.63) is 45.8 Å². The molecule has 0 saturated heterocycles. The molecule has 23 heavy (non-hydrogen) atoms. The first-order valence-corrected chi connectivity index (χ1v) is 8.58. The molecule has 2 rings (SSSR count). The van der Waals surface area contributed by atoms with Crippen LogP contribution in [0.4, 0.5) is 5.82 Å². The summed E-state index contributed by atoms with van der Waals surface area (Å²) in [5.74, 6) is 1.76. The number of nitrogens with zero attached hydrogens (tertiary/aromatic N) is 3. The molecule has 2 N–H and O–H groups in total. The molecule has 0 fully saturated rings. The molecule has 2 aromatic rings. The van der Waals surface area contributed by atoms with Crippen molar-refractivity contribution in [3.8, 4) is 0 Å². The number of aromatic nitrogens is 1. The smallest absolute Gasteiger partial charge is 0.191 e. The summed E-state index contributed by atoms with van der Waals surface area (Å²) in [4.78, 5) is 13.3. The number of aliphatic imine (C=N–C) groups is 1. The molecule has 0 unspecified atom stereocenters. The molecule has 0 saturated carbocycles. The van der Waals surface area contributed by atoms with Gasteiger partial charge in [-0.15, -0.1) is 11.3 Å². The number of hydrogen-bond donors (Lipinski definition) is 2. The lowest BCUT2D eigenvalue weighted by Gasteiger charge is -2.14. The first-order valence-electron chi connectivity index (χ1n) is 7.76. The number of pyridine rings is 1. The van der Waals surface area contributed by atoms with E-state index < -0.39 is 0 Å². The molecule has 0 radical (unpaired) electrons. The van der Waals surface area contributed by atoms with Crippen LogP contribution >= 0.6 is 11.3 Å². The highest BCUT2D eigenvalue weighted by atomic mass is 32.1. The fourth-order valence-corrected chi connectivity index (χ4v) is 3.00. The molecule has 0 amide bonds. The van der Waals surface area contributed by atoms with Gasteiger partial charge in [-0.05, 0) is 36.2 Å². The first-order chi connectivity index (χ1) is 11.1. The van der Waals surface area contributed by atoms with Crippen molar-refractivity contribution in [2.24, 2.45) is 4.99 Å². The van der Waals surface area contributed by atoms with Crippen molar-refractivity contribution >= 4 is 23.1 Å². The maximum absolute atomic E-state index is 4.33. The molecule has 2 aromatic heterocycles. The average Bonchev–Trinajstić information content (AvgIpc) is 3.03. The third-order valence-electron chi connectivity index (χ3n) is 3.45. The fraction of sp³-hybridized carbons (Fsp3) is 0.412. The van der Waals surface area contributed by atoms with E-state index in [4.69, 9.17) is 0 Å². The summed E-state index contributed by atoms with van der Waals surface area (Å²) < 4.78 is 0. The number of rotatable bonds is 6. The summed E-state index contributed by atoms with van der Waals surface area (Å²) in [5, 5.41) is 6.69. The van der Waals surface area contributed by atoms with Gasteiger partial charge in [-0.2, -0.15) is 0 Å². The molecular weight excluding hydrogens is 306 g/mol. The van der Waals surface area contributed by atoms with Gasteiger partial charge in [-0.3, -0.25) is 4.99 Å². The first kappa shape index (κ1) is 17.3. The van der Waals surface area contributed by atoms with Crippen molar-refractivity contribution in [2.45, 2.75) is 26.4 Å². The summed E-state index contributed by atoms with van der Waals surface area (Å²) in [7, 11) is 5.77. The zero-order valence-corrected chi connectivity index (χ0v) is 15.1. The Bertz CT molecular complexity index is 648. The van der Waals surface area contributed by atoms with Gasteiger partial charge in [-0.25, -0.2) is 4.98 Å². The quantitative estimate of drug-likeness (QED) is 0.631. The predicted octanol–water partition coefficient (Wildman–Crippen LogP) is 2.64. The van der Waals surface area contributed by atoms with Crippen LogP contribution in [-0.4, -0.2) is 32.1 Å². The van der Waals surface area contributed by atoms with Crippen molar-refractivity contribution in [3.63, 3.8) is 0 Å². The molecule has 5 nitrogen and oxygen atoms in total. The van der Waals surface area contributed by atoms with Crippen LogP contribution in [0.5, 0.6) is 0 Å². The maximum Gasteiger partial charge on any atom is 0.191 e. The van der Waals surface area contributed by atoms with E-state index >= 15 is 0 Å². The zero-order chi connectivity index (χ0) is 16.7. The SMILES string of the molecule is CCc1ccc(CNC(=NC)NCc2ccnc(N(C)C)c2)s1. The second-order valence-corrected chi connectivity index (χ2v) is 6.67. The van der Waals surface area contributed by atoms with Gasteiger partial charge >= 0.3 is 0 Å². The van der Waals surface area contributed by atoms with E-state index in [-0.39, 0.29) is 0 Å². The molecule has 124 valence electrons. The van der Waals surface area contributed by atoms with E-state index in [0.29, 0.717) is 6.54 Å². The van der Waals surface area contributed by atoms with Crippen LogP contribution in [0, 0.1) is 0 Å². The standard InChI is InChI=1S/C17H25N5S/c1-5-14-6-7-15(23-14)12-21-17(18-2)20-11-13-8-9-19-16(10-13)22(3)4/h6-10H,5,11-12H2,1-4H3,(H2,18,20,21). The van der Waals surface area contributed by atoms with Crippen LogP contribution in [0.2, 0.25) is 0 Å². The van der Waals surface area contributed by atoms with Gasteiger partial charge in [-0.1, -0.05) is 6.92 Å². The largest absolute Gasteiger partial charge is 0.363 e. The third kappa shape index (κ3) is 5.25. The van der Waals surface area contributed by atoms with Crippen LogP contribution in [0.25, 0.3) is 0 Å². The van der Waals surface area contributed by atoms with Crippen LogP contribution in [0.3, 0.4) is 0 Å². The van der Waals surface area contributed by atoms with Crippen LogP contribution in [-0.2, 0) is 19.5 Å². The van der Waals surface area contributed by atoms with E-state index in [1.54, 1.807) is 7.05 Å². The molecule has 0 spiro atoms. The van der Waals surface area contributed by atoms with Crippen LogP contribution < -0.4 is 15.5 Å². The van der Waals surface area contributed by atoms with Crippen LogP contribution in [0.15, 0.2) is 35.5 Å². The highest BCUT2D eigenvalue weighted by Crippen LogP contribution is 2.16. The molecule has 6 heteroatoms. The molecular formula is C17H25N5S.